The Morgan fingerprint density at radius 3 is 2.15 bits per heavy atom. The van der Waals surface area contributed by atoms with Gasteiger partial charge in [0.1, 0.15) is 4.90 Å². The molecule has 0 aliphatic rings. The lowest BCUT2D eigenvalue weighted by atomic mass is 10.1. The maximum Gasteiger partial charge on any atom is 0.265 e. The number of anilines is 2. The van der Waals surface area contributed by atoms with Gasteiger partial charge in [-0.3, -0.25) is 4.72 Å². The Morgan fingerprint density at radius 1 is 1.05 bits per heavy atom. The van der Waals surface area contributed by atoms with Crippen LogP contribution in [-0.4, -0.2) is 8.42 Å². The lowest BCUT2D eigenvalue weighted by Gasteiger charge is -2.15. The summed E-state index contributed by atoms with van der Waals surface area (Å²) in [6, 6.07) is 10.1. The smallest absolute Gasteiger partial charge is 0.265 e. The Kier molecular flexibility index (Phi) is 3.92. The highest BCUT2D eigenvalue weighted by atomic mass is 35.5. The van der Waals surface area contributed by atoms with Gasteiger partial charge in [-0.15, -0.1) is 0 Å². The van der Waals surface area contributed by atoms with Gasteiger partial charge < -0.3 is 5.73 Å². The maximum absolute atomic E-state index is 12.5. The first-order valence-electron chi connectivity index (χ1n) is 5.96. The van der Waals surface area contributed by atoms with Crippen LogP contribution in [0.15, 0.2) is 41.3 Å². The fourth-order valence-electron chi connectivity index (χ4n) is 1.97. The molecule has 0 radical (unpaired) electrons. The normalized spacial score (nSPS) is 11.3. The van der Waals surface area contributed by atoms with Gasteiger partial charge in [-0.2, -0.15) is 0 Å². The summed E-state index contributed by atoms with van der Waals surface area (Å²) in [6.45, 7) is 3.67. The molecular formula is C14H15ClN2O2S. The summed E-state index contributed by atoms with van der Waals surface area (Å²) in [5.74, 6) is 0. The van der Waals surface area contributed by atoms with Crippen molar-refractivity contribution in [3.05, 3.63) is 52.5 Å². The number of sulfonamides is 1. The highest BCUT2D eigenvalue weighted by molar-refractivity contribution is 7.93. The Morgan fingerprint density at radius 2 is 1.60 bits per heavy atom. The van der Waals surface area contributed by atoms with Gasteiger partial charge in [0.25, 0.3) is 10.0 Å². The van der Waals surface area contributed by atoms with E-state index in [1.165, 1.54) is 12.1 Å². The third-order valence-electron chi connectivity index (χ3n) is 2.98. The zero-order valence-corrected chi connectivity index (χ0v) is 12.7. The predicted molar refractivity (Wildman–Crippen MR) is 82.6 cm³/mol. The fourth-order valence-corrected chi connectivity index (χ4v) is 3.85. The summed E-state index contributed by atoms with van der Waals surface area (Å²) in [7, 11) is -3.83. The van der Waals surface area contributed by atoms with E-state index in [1.807, 2.05) is 32.0 Å². The van der Waals surface area contributed by atoms with Crippen LogP contribution in [0.5, 0.6) is 0 Å². The average Bonchev–Trinajstić information content (AvgIpc) is 2.33. The number of nitrogen functional groups attached to an aromatic ring is 1. The Bertz CT molecular complexity index is 717. The van der Waals surface area contributed by atoms with Gasteiger partial charge in [0.05, 0.1) is 16.4 Å². The zero-order valence-electron chi connectivity index (χ0n) is 11.1. The lowest BCUT2D eigenvalue weighted by molar-refractivity contribution is 0.601. The van der Waals surface area contributed by atoms with Crippen LogP contribution in [0.4, 0.5) is 11.4 Å². The quantitative estimate of drug-likeness (QED) is 0.854. The Labute approximate surface area is 123 Å². The van der Waals surface area contributed by atoms with E-state index in [0.29, 0.717) is 5.69 Å². The molecule has 0 bridgehead atoms. The Hall–Kier alpha value is -1.72. The number of hydrogen-bond donors (Lipinski definition) is 2. The first kappa shape index (κ1) is 14.7. The standard InChI is InChI=1S/C14H15ClN2O2S/c1-9-5-3-6-10(2)13(9)17-20(18,19)14-11(15)7-4-8-12(14)16/h3-8,17H,16H2,1-2H3. The monoisotopic (exact) mass is 310 g/mol. The molecule has 0 unspecified atom stereocenters. The number of aryl methyl sites for hydroxylation is 2. The molecule has 0 fully saturated rings. The van der Waals surface area contributed by atoms with E-state index in [2.05, 4.69) is 4.72 Å². The van der Waals surface area contributed by atoms with Crippen LogP contribution in [-0.2, 0) is 10.0 Å². The average molecular weight is 311 g/mol. The summed E-state index contributed by atoms with van der Waals surface area (Å²) in [5.41, 5.74) is 8.07. The molecule has 0 saturated carbocycles. The van der Waals surface area contributed by atoms with E-state index in [0.717, 1.165) is 11.1 Å². The van der Waals surface area contributed by atoms with Crippen LogP contribution in [0.25, 0.3) is 0 Å². The second kappa shape index (κ2) is 5.34. The molecular weight excluding hydrogens is 296 g/mol. The second-order valence-corrected chi connectivity index (χ2v) is 6.56. The number of halogens is 1. The van der Waals surface area contributed by atoms with Crippen LogP contribution >= 0.6 is 11.6 Å². The zero-order chi connectivity index (χ0) is 14.9. The third-order valence-corrected chi connectivity index (χ3v) is 4.88. The van der Waals surface area contributed by atoms with Crippen molar-refractivity contribution < 1.29 is 8.42 Å². The molecule has 0 aromatic heterocycles. The molecule has 0 aliphatic heterocycles. The van der Waals surface area contributed by atoms with Gasteiger partial charge in [-0.25, -0.2) is 8.42 Å². The van der Waals surface area contributed by atoms with E-state index in [9.17, 15) is 8.42 Å². The summed E-state index contributed by atoms with van der Waals surface area (Å²) >= 11 is 5.96. The molecule has 0 heterocycles. The molecule has 0 spiro atoms. The van der Waals surface area contributed by atoms with Crippen molar-refractivity contribution in [3.63, 3.8) is 0 Å². The number of para-hydroxylation sites is 1. The summed E-state index contributed by atoms with van der Waals surface area (Å²) in [4.78, 5) is -0.0932. The topological polar surface area (TPSA) is 72.2 Å². The molecule has 106 valence electrons. The van der Waals surface area contributed by atoms with Crippen LogP contribution in [0.2, 0.25) is 5.02 Å². The van der Waals surface area contributed by atoms with E-state index in [-0.39, 0.29) is 15.6 Å². The maximum atomic E-state index is 12.5. The molecule has 2 aromatic rings. The van der Waals surface area contributed by atoms with E-state index < -0.39 is 10.0 Å². The second-order valence-electron chi connectivity index (χ2n) is 4.53. The number of nitrogens with one attached hydrogen (secondary N) is 1. The first-order chi connectivity index (χ1) is 9.33. The number of nitrogens with two attached hydrogens (primary N) is 1. The molecule has 20 heavy (non-hydrogen) atoms. The van der Waals surface area contributed by atoms with Gasteiger partial charge in [0, 0.05) is 0 Å². The summed E-state index contributed by atoms with van der Waals surface area (Å²) in [6.07, 6.45) is 0. The van der Waals surface area contributed by atoms with Gasteiger partial charge in [0.15, 0.2) is 0 Å². The predicted octanol–water partition coefficient (Wildman–Crippen LogP) is 3.34. The number of rotatable bonds is 3. The van der Waals surface area contributed by atoms with Crippen molar-refractivity contribution >= 4 is 33.0 Å². The lowest BCUT2D eigenvalue weighted by Crippen LogP contribution is -2.16. The molecule has 2 rings (SSSR count). The number of hydrogen-bond acceptors (Lipinski definition) is 3. The number of benzene rings is 2. The molecule has 0 amide bonds. The van der Waals surface area contributed by atoms with E-state index in [1.54, 1.807) is 6.07 Å². The van der Waals surface area contributed by atoms with Crippen LogP contribution < -0.4 is 10.5 Å². The van der Waals surface area contributed by atoms with Crippen LogP contribution in [0.1, 0.15) is 11.1 Å². The van der Waals surface area contributed by atoms with Crippen molar-refractivity contribution in [3.8, 4) is 0 Å². The van der Waals surface area contributed by atoms with Crippen molar-refractivity contribution in [2.75, 3.05) is 10.5 Å². The van der Waals surface area contributed by atoms with Crippen molar-refractivity contribution in [2.45, 2.75) is 18.7 Å². The summed E-state index contributed by atoms with van der Waals surface area (Å²) < 4.78 is 27.5. The van der Waals surface area contributed by atoms with Crippen molar-refractivity contribution in [2.24, 2.45) is 0 Å². The van der Waals surface area contributed by atoms with Crippen LogP contribution in [0.3, 0.4) is 0 Å². The largest absolute Gasteiger partial charge is 0.398 e. The SMILES string of the molecule is Cc1cccc(C)c1NS(=O)(=O)c1c(N)cccc1Cl. The first-order valence-corrected chi connectivity index (χ1v) is 7.82. The van der Waals surface area contributed by atoms with Crippen molar-refractivity contribution in [1.82, 2.24) is 0 Å². The van der Waals surface area contributed by atoms with E-state index in [4.69, 9.17) is 17.3 Å². The fraction of sp³-hybridized carbons (Fsp3) is 0.143. The minimum atomic E-state index is -3.83. The molecule has 3 N–H and O–H groups in total. The van der Waals surface area contributed by atoms with Crippen molar-refractivity contribution in [1.29, 1.82) is 0 Å². The van der Waals surface area contributed by atoms with Gasteiger partial charge in [-0.05, 0) is 37.1 Å². The molecule has 2 aromatic carbocycles. The highest BCUT2D eigenvalue weighted by Gasteiger charge is 2.22. The van der Waals surface area contributed by atoms with Gasteiger partial charge in [-0.1, -0.05) is 35.9 Å². The van der Waals surface area contributed by atoms with Crippen LogP contribution in [0, 0.1) is 13.8 Å². The minimum Gasteiger partial charge on any atom is -0.398 e. The Balaban J connectivity index is 2.53. The van der Waals surface area contributed by atoms with E-state index >= 15 is 0 Å². The molecule has 0 saturated heterocycles. The summed E-state index contributed by atoms with van der Waals surface area (Å²) in [5, 5.41) is 0.101. The minimum absolute atomic E-state index is 0.0932. The molecule has 4 nitrogen and oxygen atoms in total. The molecule has 6 heteroatoms. The molecule has 0 atom stereocenters. The highest BCUT2D eigenvalue weighted by Crippen LogP contribution is 2.30. The molecule has 0 aliphatic carbocycles. The third kappa shape index (κ3) is 2.73. The van der Waals surface area contributed by atoms with Gasteiger partial charge >= 0.3 is 0 Å². The van der Waals surface area contributed by atoms with Gasteiger partial charge in [0.2, 0.25) is 0 Å².